The van der Waals surface area contributed by atoms with Crippen molar-refractivity contribution < 1.29 is 23.8 Å². The average molecular weight is 337 g/mol. The smallest absolute Gasteiger partial charge is 0.363 e. The molecule has 0 fully saturated rings. The maximum Gasteiger partial charge on any atom is 0.363 e. The number of nitrogens with zero attached hydrogens (tertiary/aromatic N) is 1. The Labute approximate surface area is 144 Å². The van der Waals surface area contributed by atoms with Gasteiger partial charge in [-0.1, -0.05) is 30.3 Å². The predicted molar refractivity (Wildman–Crippen MR) is 91.4 cm³/mol. The van der Waals surface area contributed by atoms with Crippen molar-refractivity contribution in [3.8, 4) is 11.5 Å². The fraction of sp³-hybridized carbons (Fsp3) is 0.105. The molecule has 126 valence electrons. The number of ether oxygens (including phenoxy) is 3. The van der Waals surface area contributed by atoms with Gasteiger partial charge in [0, 0.05) is 18.1 Å². The molecule has 2 aromatic rings. The molecule has 0 saturated heterocycles. The molecule has 0 unspecified atom stereocenters. The third-order valence-corrected chi connectivity index (χ3v) is 3.41. The molecular weight excluding hydrogens is 322 g/mol. The lowest BCUT2D eigenvalue weighted by molar-refractivity contribution is -0.132. The van der Waals surface area contributed by atoms with E-state index in [2.05, 4.69) is 4.99 Å². The second kappa shape index (κ2) is 7.00. The molecule has 0 spiro atoms. The first-order valence-electron chi connectivity index (χ1n) is 7.52. The van der Waals surface area contributed by atoms with Crippen LogP contribution in [0.15, 0.2) is 59.2 Å². The Morgan fingerprint density at radius 1 is 1.12 bits per heavy atom. The third-order valence-electron chi connectivity index (χ3n) is 3.41. The summed E-state index contributed by atoms with van der Waals surface area (Å²) in [7, 11) is 1.47. The molecular formula is C19H15NO5. The molecule has 0 saturated carbocycles. The molecule has 6 nitrogen and oxygen atoms in total. The van der Waals surface area contributed by atoms with Gasteiger partial charge in [0.2, 0.25) is 5.90 Å². The average Bonchev–Trinajstić information content (AvgIpc) is 2.97. The van der Waals surface area contributed by atoms with E-state index < -0.39 is 11.9 Å². The van der Waals surface area contributed by atoms with E-state index in [9.17, 15) is 9.59 Å². The Morgan fingerprint density at radius 2 is 1.88 bits per heavy atom. The number of aliphatic imine (C=N–C) groups is 1. The van der Waals surface area contributed by atoms with Crippen molar-refractivity contribution in [3.63, 3.8) is 0 Å². The molecule has 25 heavy (non-hydrogen) atoms. The normalized spacial score (nSPS) is 14.9. The first-order valence-corrected chi connectivity index (χ1v) is 7.52. The molecule has 0 radical (unpaired) electrons. The van der Waals surface area contributed by atoms with Gasteiger partial charge in [-0.3, -0.25) is 4.79 Å². The standard InChI is InChI=1S/C19H15NO5/c1-12(21)24-17-14(9-6-10-16(17)23-2)11-15-19(22)25-18(20-15)13-7-4-3-5-8-13/h3-11H,1-2H3/b15-11+. The lowest BCUT2D eigenvalue weighted by atomic mass is 10.1. The minimum Gasteiger partial charge on any atom is -0.493 e. The minimum absolute atomic E-state index is 0.112. The highest BCUT2D eigenvalue weighted by Gasteiger charge is 2.25. The largest absolute Gasteiger partial charge is 0.493 e. The van der Waals surface area contributed by atoms with E-state index in [1.807, 2.05) is 18.2 Å². The van der Waals surface area contributed by atoms with Crippen LogP contribution in [0.5, 0.6) is 11.5 Å². The number of methoxy groups -OCH3 is 1. The summed E-state index contributed by atoms with van der Waals surface area (Å²) < 4.78 is 15.6. The first kappa shape index (κ1) is 16.4. The van der Waals surface area contributed by atoms with Gasteiger partial charge in [-0.05, 0) is 24.3 Å². The van der Waals surface area contributed by atoms with Gasteiger partial charge in [0.15, 0.2) is 17.2 Å². The molecule has 3 rings (SSSR count). The minimum atomic E-state index is -0.574. The maximum atomic E-state index is 12.1. The van der Waals surface area contributed by atoms with Crippen molar-refractivity contribution in [1.29, 1.82) is 0 Å². The van der Waals surface area contributed by atoms with Crippen LogP contribution in [-0.2, 0) is 14.3 Å². The van der Waals surface area contributed by atoms with Gasteiger partial charge in [0.05, 0.1) is 7.11 Å². The number of hydrogen-bond acceptors (Lipinski definition) is 6. The van der Waals surface area contributed by atoms with Crippen LogP contribution >= 0.6 is 0 Å². The van der Waals surface area contributed by atoms with E-state index in [0.717, 1.165) is 0 Å². The number of para-hydroxylation sites is 1. The van der Waals surface area contributed by atoms with Crippen LogP contribution in [0.3, 0.4) is 0 Å². The molecule has 0 atom stereocenters. The number of rotatable bonds is 4. The molecule has 0 aliphatic carbocycles. The van der Waals surface area contributed by atoms with Crippen LogP contribution in [0, 0.1) is 0 Å². The fourth-order valence-electron chi connectivity index (χ4n) is 2.32. The molecule has 0 amide bonds. The van der Waals surface area contributed by atoms with Gasteiger partial charge in [-0.25, -0.2) is 9.79 Å². The Hall–Kier alpha value is -3.41. The summed E-state index contributed by atoms with van der Waals surface area (Å²) >= 11 is 0. The maximum absolute atomic E-state index is 12.1. The van der Waals surface area contributed by atoms with Gasteiger partial charge in [0.1, 0.15) is 0 Å². The van der Waals surface area contributed by atoms with Crippen LogP contribution in [0.25, 0.3) is 6.08 Å². The SMILES string of the molecule is COc1cccc(/C=C2/N=C(c3ccccc3)OC2=O)c1OC(C)=O. The van der Waals surface area contributed by atoms with Gasteiger partial charge >= 0.3 is 11.9 Å². The van der Waals surface area contributed by atoms with E-state index in [4.69, 9.17) is 14.2 Å². The Balaban J connectivity index is 2.02. The lowest BCUT2D eigenvalue weighted by Gasteiger charge is -2.10. The van der Waals surface area contributed by atoms with E-state index in [-0.39, 0.29) is 17.3 Å². The van der Waals surface area contributed by atoms with Gasteiger partial charge < -0.3 is 14.2 Å². The van der Waals surface area contributed by atoms with Crippen LogP contribution in [-0.4, -0.2) is 24.9 Å². The van der Waals surface area contributed by atoms with E-state index in [1.165, 1.54) is 20.1 Å². The van der Waals surface area contributed by atoms with Gasteiger partial charge in [0.25, 0.3) is 0 Å². The van der Waals surface area contributed by atoms with Crippen LogP contribution in [0.1, 0.15) is 18.1 Å². The summed E-state index contributed by atoms with van der Waals surface area (Å²) in [5, 5.41) is 0. The number of carbonyl (C=O) groups excluding carboxylic acids is 2. The molecule has 6 heteroatoms. The van der Waals surface area contributed by atoms with Crippen molar-refractivity contribution in [2.75, 3.05) is 7.11 Å². The molecule has 0 N–H and O–H groups in total. The van der Waals surface area contributed by atoms with Crippen LogP contribution in [0.4, 0.5) is 0 Å². The van der Waals surface area contributed by atoms with Crippen molar-refractivity contribution >= 4 is 23.9 Å². The molecule has 2 aromatic carbocycles. The summed E-state index contributed by atoms with van der Waals surface area (Å²) in [4.78, 5) is 27.7. The van der Waals surface area contributed by atoms with Crippen LogP contribution < -0.4 is 9.47 Å². The quantitative estimate of drug-likeness (QED) is 0.487. The lowest BCUT2D eigenvalue weighted by Crippen LogP contribution is -2.06. The van der Waals surface area contributed by atoms with E-state index in [0.29, 0.717) is 16.9 Å². The summed E-state index contributed by atoms with van der Waals surface area (Å²) in [6.07, 6.45) is 1.50. The number of esters is 2. The van der Waals surface area contributed by atoms with Crippen molar-refractivity contribution in [2.24, 2.45) is 4.99 Å². The molecule has 0 bridgehead atoms. The Kier molecular flexibility index (Phi) is 4.61. The molecule has 1 heterocycles. The van der Waals surface area contributed by atoms with Crippen LogP contribution in [0.2, 0.25) is 0 Å². The first-order chi connectivity index (χ1) is 12.1. The summed E-state index contributed by atoms with van der Waals surface area (Å²) in [6.45, 7) is 1.29. The number of carbonyl (C=O) groups is 2. The second-order valence-corrected chi connectivity index (χ2v) is 5.17. The zero-order valence-corrected chi connectivity index (χ0v) is 13.7. The van der Waals surface area contributed by atoms with Gasteiger partial charge in [-0.2, -0.15) is 0 Å². The monoisotopic (exact) mass is 337 g/mol. The Morgan fingerprint density at radius 3 is 2.56 bits per heavy atom. The zero-order valence-electron chi connectivity index (χ0n) is 13.7. The summed E-state index contributed by atoms with van der Waals surface area (Å²) in [6, 6.07) is 14.2. The molecule has 0 aromatic heterocycles. The van der Waals surface area contributed by atoms with Gasteiger partial charge in [-0.15, -0.1) is 0 Å². The van der Waals surface area contributed by atoms with E-state index in [1.54, 1.807) is 30.3 Å². The topological polar surface area (TPSA) is 74.2 Å². The highest BCUT2D eigenvalue weighted by atomic mass is 16.6. The number of hydrogen-bond donors (Lipinski definition) is 0. The molecule has 1 aliphatic heterocycles. The summed E-state index contributed by atoms with van der Waals surface area (Å²) in [5.41, 5.74) is 1.30. The predicted octanol–water partition coefficient (Wildman–Crippen LogP) is 2.97. The number of benzene rings is 2. The van der Waals surface area contributed by atoms with E-state index >= 15 is 0 Å². The zero-order chi connectivity index (χ0) is 17.8. The molecule has 1 aliphatic rings. The fourth-order valence-corrected chi connectivity index (χ4v) is 2.32. The van der Waals surface area contributed by atoms with Crippen molar-refractivity contribution in [2.45, 2.75) is 6.92 Å². The highest BCUT2D eigenvalue weighted by molar-refractivity contribution is 6.13. The highest BCUT2D eigenvalue weighted by Crippen LogP contribution is 2.33. The number of cyclic esters (lactones) is 1. The summed E-state index contributed by atoms with van der Waals surface area (Å²) in [5.74, 6) is -0.236. The van der Waals surface area contributed by atoms with Crippen molar-refractivity contribution in [3.05, 3.63) is 65.4 Å². The second-order valence-electron chi connectivity index (χ2n) is 5.17. The Bertz CT molecular complexity index is 884. The van der Waals surface area contributed by atoms with Crippen molar-refractivity contribution in [1.82, 2.24) is 0 Å². The third kappa shape index (κ3) is 3.58.